The molecule has 0 saturated carbocycles. The number of nitro groups is 1. The molecule has 1 rings (SSSR count). The first-order chi connectivity index (χ1) is 9.32. The van der Waals surface area contributed by atoms with Crippen LogP contribution < -0.4 is 0 Å². The number of guanidine groups is 1. The number of ether oxygens (including phenoxy) is 1. The number of carbonyl (C=O) groups is 2. The smallest absolute Gasteiger partial charge is 0.287 e. The van der Waals surface area contributed by atoms with E-state index in [-0.39, 0.29) is 18.4 Å². The van der Waals surface area contributed by atoms with Crippen LogP contribution in [0.5, 0.6) is 0 Å². The molecule has 1 fully saturated rings. The predicted molar refractivity (Wildman–Crippen MR) is 69.2 cm³/mol. The summed E-state index contributed by atoms with van der Waals surface area (Å²) in [5, 5.41) is 12.9. The van der Waals surface area contributed by atoms with Crippen LogP contribution >= 0.6 is 0 Å². The summed E-state index contributed by atoms with van der Waals surface area (Å²) in [6, 6.07) is 0. The maximum atomic E-state index is 11.7. The van der Waals surface area contributed by atoms with Gasteiger partial charge in [0.15, 0.2) is 5.03 Å². The highest BCUT2D eigenvalue weighted by Gasteiger charge is 2.29. The van der Waals surface area contributed by atoms with Crippen molar-refractivity contribution in [3.63, 3.8) is 0 Å². The lowest BCUT2D eigenvalue weighted by Gasteiger charge is -2.27. The average molecular weight is 286 g/mol. The summed E-state index contributed by atoms with van der Waals surface area (Å²) >= 11 is 0. The molecule has 1 unspecified atom stereocenters. The third-order valence-corrected chi connectivity index (χ3v) is 3.03. The third kappa shape index (κ3) is 4.26. The summed E-state index contributed by atoms with van der Waals surface area (Å²) in [4.78, 5) is 35.9. The van der Waals surface area contributed by atoms with Crippen LogP contribution in [0.4, 0.5) is 0 Å². The number of hydrazone groups is 1. The fourth-order valence-corrected chi connectivity index (χ4v) is 1.85. The minimum absolute atomic E-state index is 0.0798. The standard InChI is InChI=1S/C11H18N4O5/c1-8(16)13(3)11(12-15(18)19)14(9(2)17)6-10-4-5-20-7-10/h10H,4-7H2,1-3H3/b12-11+. The van der Waals surface area contributed by atoms with Gasteiger partial charge in [-0.05, 0) is 6.42 Å². The van der Waals surface area contributed by atoms with Gasteiger partial charge in [0.05, 0.1) is 6.61 Å². The van der Waals surface area contributed by atoms with Gasteiger partial charge in [-0.15, -0.1) is 0 Å². The monoisotopic (exact) mass is 286 g/mol. The molecule has 9 heteroatoms. The Morgan fingerprint density at radius 1 is 1.40 bits per heavy atom. The molecule has 0 bridgehead atoms. The van der Waals surface area contributed by atoms with Crippen molar-refractivity contribution in [2.45, 2.75) is 20.3 Å². The molecule has 20 heavy (non-hydrogen) atoms. The van der Waals surface area contributed by atoms with Crippen LogP contribution in [0.3, 0.4) is 0 Å². The van der Waals surface area contributed by atoms with E-state index in [1.165, 1.54) is 20.9 Å². The first kappa shape index (κ1) is 16.0. The number of carbonyl (C=O) groups excluding carboxylic acids is 2. The van der Waals surface area contributed by atoms with Gasteiger partial charge < -0.3 is 4.74 Å². The van der Waals surface area contributed by atoms with Gasteiger partial charge in [0, 0.05) is 40.0 Å². The molecular formula is C11H18N4O5. The lowest BCUT2D eigenvalue weighted by atomic mass is 10.1. The lowest BCUT2D eigenvalue weighted by Crippen LogP contribution is -2.49. The van der Waals surface area contributed by atoms with Gasteiger partial charge in [0.1, 0.15) is 5.10 Å². The van der Waals surface area contributed by atoms with E-state index in [0.717, 1.165) is 16.2 Å². The van der Waals surface area contributed by atoms with Crippen LogP contribution in [0.25, 0.3) is 0 Å². The maximum absolute atomic E-state index is 11.7. The minimum Gasteiger partial charge on any atom is -0.381 e. The van der Waals surface area contributed by atoms with Crippen LogP contribution in [0.1, 0.15) is 20.3 Å². The molecule has 9 nitrogen and oxygen atoms in total. The molecule has 0 aromatic carbocycles. The molecule has 1 aliphatic rings. The topological polar surface area (TPSA) is 105 Å². The Kier molecular flexibility index (Phi) is 5.56. The Bertz CT molecular complexity index is 431. The molecule has 0 aliphatic carbocycles. The van der Waals surface area contributed by atoms with E-state index in [0.29, 0.717) is 13.2 Å². The Morgan fingerprint density at radius 3 is 2.45 bits per heavy atom. The molecule has 2 amide bonds. The largest absolute Gasteiger partial charge is 0.381 e. The molecule has 0 radical (unpaired) electrons. The van der Waals surface area contributed by atoms with Crippen molar-refractivity contribution in [3.05, 3.63) is 10.1 Å². The Morgan fingerprint density at radius 2 is 2.05 bits per heavy atom. The Hall–Kier alpha value is -2.03. The zero-order valence-electron chi connectivity index (χ0n) is 11.7. The zero-order valence-corrected chi connectivity index (χ0v) is 11.7. The van der Waals surface area contributed by atoms with E-state index < -0.39 is 16.8 Å². The second-order valence-corrected chi connectivity index (χ2v) is 4.58. The van der Waals surface area contributed by atoms with Crippen molar-refractivity contribution < 1.29 is 19.4 Å². The molecule has 0 aromatic heterocycles. The predicted octanol–water partition coefficient (Wildman–Crippen LogP) is -0.103. The summed E-state index contributed by atoms with van der Waals surface area (Å²) < 4.78 is 5.21. The average Bonchev–Trinajstić information content (AvgIpc) is 2.84. The molecule has 0 N–H and O–H groups in total. The van der Waals surface area contributed by atoms with E-state index in [1.54, 1.807) is 0 Å². The summed E-state index contributed by atoms with van der Waals surface area (Å²) in [7, 11) is 1.34. The molecular weight excluding hydrogens is 268 g/mol. The van der Waals surface area contributed by atoms with Crippen LogP contribution in [-0.4, -0.2) is 59.4 Å². The van der Waals surface area contributed by atoms with Crippen LogP contribution in [0.15, 0.2) is 5.10 Å². The number of hydrogen-bond donors (Lipinski definition) is 0. The van der Waals surface area contributed by atoms with Crippen molar-refractivity contribution in [3.8, 4) is 0 Å². The van der Waals surface area contributed by atoms with Crippen molar-refractivity contribution in [2.24, 2.45) is 11.0 Å². The summed E-state index contributed by atoms with van der Waals surface area (Å²) in [6.07, 6.45) is 0.763. The molecule has 1 saturated heterocycles. The first-order valence-electron chi connectivity index (χ1n) is 6.16. The summed E-state index contributed by atoms with van der Waals surface area (Å²) in [5.74, 6) is -1.05. The Balaban J connectivity index is 3.00. The quantitative estimate of drug-likeness (QED) is 0.312. The van der Waals surface area contributed by atoms with Gasteiger partial charge in [0.2, 0.25) is 11.8 Å². The zero-order chi connectivity index (χ0) is 15.3. The van der Waals surface area contributed by atoms with Crippen LogP contribution in [0, 0.1) is 16.0 Å². The van der Waals surface area contributed by atoms with Crippen molar-refractivity contribution >= 4 is 17.8 Å². The number of nitrogens with zero attached hydrogens (tertiary/aromatic N) is 4. The highest BCUT2D eigenvalue weighted by atomic mass is 16.7. The van der Waals surface area contributed by atoms with Gasteiger partial charge in [-0.3, -0.25) is 19.4 Å². The van der Waals surface area contributed by atoms with E-state index in [9.17, 15) is 19.7 Å². The van der Waals surface area contributed by atoms with Crippen molar-refractivity contribution in [2.75, 3.05) is 26.8 Å². The molecule has 0 aromatic rings. The minimum atomic E-state index is -0.921. The van der Waals surface area contributed by atoms with E-state index >= 15 is 0 Å². The number of rotatable bonds is 3. The van der Waals surface area contributed by atoms with Gasteiger partial charge in [0.25, 0.3) is 5.96 Å². The van der Waals surface area contributed by atoms with E-state index in [1.807, 2.05) is 0 Å². The third-order valence-electron chi connectivity index (χ3n) is 3.03. The van der Waals surface area contributed by atoms with Crippen molar-refractivity contribution in [1.82, 2.24) is 9.80 Å². The number of amides is 2. The summed E-state index contributed by atoms with van der Waals surface area (Å²) in [5.41, 5.74) is 0. The Labute approximate surface area is 116 Å². The van der Waals surface area contributed by atoms with Crippen molar-refractivity contribution in [1.29, 1.82) is 0 Å². The molecule has 112 valence electrons. The highest BCUT2D eigenvalue weighted by molar-refractivity contribution is 6.03. The molecule has 1 aliphatic heterocycles. The maximum Gasteiger partial charge on any atom is 0.287 e. The van der Waals surface area contributed by atoms with Gasteiger partial charge in [-0.25, -0.2) is 10.1 Å². The van der Waals surface area contributed by atoms with Gasteiger partial charge >= 0.3 is 0 Å². The molecule has 1 heterocycles. The molecule has 0 spiro atoms. The lowest BCUT2D eigenvalue weighted by molar-refractivity contribution is -0.486. The highest BCUT2D eigenvalue weighted by Crippen LogP contribution is 2.15. The number of hydrogen-bond acceptors (Lipinski definition) is 5. The second kappa shape index (κ2) is 6.94. The molecule has 1 atom stereocenters. The fraction of sp³-hybridized carbons (Fsp3) is 0.727. The van der Waals surface area contributed by atoms with Crippen LogP contribution in [-0.2, 0) is 14.3 Å². The van der Waals surface area contributed by atoms with E-state index in [4.69, 9.17) is 4.74 Å². The normalized spacial score (nSPS) is 18.8. The fourth-order valence-electron chi connectivity index (χ4n) is 1.85. The van der Waals surface area contributed by atoms with Gasteiger partial charge in [-0.2, -0.15) is 0 Å². The summed E-state index contributed by atoms with van der Waals surface area (Å²) in [6.45, 7) is 3.84. The first-order valence-corrected chi connectivity index (χ1v) is 6.16. The van der Waals surface area contributed by atoms with Crippen LogP contribution in [0.2, 0.25) is 0 Å². The van der Waals surface area contributed by atoms with E-state index in [2.05, 4.69) is 5.10 Å². The second-order valence-electron chi connectivity index (χ2n) is 4.58. The SMILES string of the molecule is CC(=O)N(C)/C(=N\[N+](=O)[O-])N(CC1CCOC1)C(C)=O. The van der Waals surface area contributed by atoms with Gasteiger partial charge in [-0.1, -0.05) is 0 Å².